The zero-order valence-electron chi connectivity index (χ0n) is 10.7. The summed E-state index contributed by atoms with van der Waals surface area (Å²) < 4.78 is 1.28. The Kier molecular flexibility index (Phi) is 3.98. The molecule has 21 heavy (non-hydrogen) atoms. The van der Waals surface area contributed by atoms with Crippen molar-refractivity contribution in [3.63, 3.8) is 0 Å². The second-order valence-corrected chi connectivity index (χ2v) is 6.01. The molecule has 1 N–H and O–H groups in total. The molecule has 0 radical (unpaired) electrons. The largest absolute Gasteiger partial charge is 0.304 e. The number of pyridine rings is 1. The van der Waals surface area contributed by atoms with Crippen LogP contribution in [0.25, 0.3) is 22.8 Å². The minimum absolute atomic E-state index is 0.233. The van der Waals surface area contributed by atoms with Gasteiger partial charge in [0.05, 0.1) is 5.69 Å². The molecular weight excluding hydrogens is 398 g/mol. The van der Waals surface area contributed by atoms with Gasteiger partial charge in [0, 0.05) is 16.2 Å². The smallest absolute Gasteiger partial charge is 0.266 e. The highest BCUT2D eigenvalue weighted by Crippen LogP contribution is 2.25. The van der Waals surface area contributed by atoms with Crippen molar-refractivity contribution in [3.8, 4) is 22.8 Å². The summed E-state index contributed by atoms with van der Waals surface area (Å²) in [6, 6.07) is 13.2. The van der Waals surface area contributed by atoms with E-state index in [2.05, 4.69) is 46.8 Å². The van der Waals surface area contributed by atoms with Crippen LogP contribution in [0.5, 0.6) is 0 Å². The zero-order chi connectivity index (χ0) is 14.8. The average Bonchev–Trinajstić information content (AvgIpc) is 2.51. The predicted molar refractivity (Wildman–Crippen MR) is 88.9 cm³/mol. The fourth-order valence-corrected chi connectivity index (χ4v) is 2.53. The van der Waals surface area contributed by atoms with Gasteiger partial charge >= 0.3 is 0 Å². The number of hydrogen-bond acceptors (Lipinski definition) is 3. The quantitative estimate of drug-likeness (QED) is 0.699. The number of aromatic amines is 1. The van der Waals surface area contributed by atoms with Gasteiger partial charge < -0.3 is 4.98 Å². The van der Waals surface area contributed by atoms with Crippen molar-refractivity contribution in [2.75, 3.05) is 0 Å². The van der Waals surface area contributed by atoms with Crippen LogP contribution in [-0.4, -0.2) is 15.0 Å². The maximum Gasteiger partial charge on any atom is 0.266 e. The van der Waals surface area contributed by atoms with Gasteiger partial charge in [-0.15, -0.1) is 0 Å². The first-order chi connectivity index (χ1) is 10.1. The van der Waals surface area contributed by atoms with Crippen molar-refractivity contribution >= 4 is 31.9 Å². The zero-order valence-corrected chi connectivity index (χ0v) is 13.8. The molecule has 2 heterocycles. The number of H-pyrrole nitrogens is 1. The third kappa shape index (κ3) is 2.96. The van der Waals surface area contributed by atoms with Crippen LogP contribution in [0.1, 0.15) is 0 Å². The second-order valence-electron chi connectivity index (χ2n) is 4.30. The molecule has 0 spiro atoms. The van der Waals surface area contributed by atoms with E-state index >= 15 is 0 Å². The van der Waals surface area contributed by atoms with E-state index in [0.29, 0.717) is 21.7 Å². The van der Waals surface area contributed by atoms with Crippen LogP contribution in [0, 0.1) is 0 Å². The van der Waals surface area contributed by atoms with Crippen molar-refractivity contribution in [3.05, 3.63) is 68.0 Å². The third-order valence-electron chi connectivity index (χ3n) is 2.88. The SMILES string of the molecule is O=c1[nH]c(-c2ccc(Br)cn2)nc(-c2ccccc2)c1Br. The van der Waals surface area contributed by atoms with Crippen LogP contribution in [0.15, 0.2) is 62.4 Å². The first-order valence-electron chi connectivity index (χ1n) is 6.12. The number of halogens is 2. The van der Waals surface area contributed by atoms with Gasteiger partial charge in [-0.2, -0.15) is 0 Å². The van der Waals surface area contributed by atoms with Crippen LogP contribution in [0.2, 0.25) is 0 Å². The summed E-state index contributed by atoms with van der Waals surface area (Å²) in [5.74, 6) is 0.439. The van der Waals surface area contributed by atoms with Crippen molar-refractivity contribution in [2.45, 2.75) is 0 Å². The summed E-state index contributed by atoms with van der Waals surface area (Å²) in [5, 5.41) is 0. The molecule has 0 aliphatic rings. The Morgan fingerprint density at radius 2 is 1.76 bits per heavy atom. The molecule has 3 rings (SSSR count). The summed E-state index contributed by atoms with van der Waals surface area (Å²) in [6.07, 6.45) is 1.67. The Balaban J connectivity index is 2.19. The molecule has 0 bridgehead atoms. The molecule has 0 aliphatic heterocycles. The van der Waals surface area contributed by atoms with Gasteiger partial charge in [0.25, 0.3) is 5.56 Å². The van der Waals surface area contributed by atoms with E-state index in [-0.39, 0.29) is 5.56 Å². The molecule has 0 fully saturated rings. The minimum atomic E-state index is -0.233. The monoisotopic (exact) mass is 405 g/mol. The maximum atomic E-state index is 12.1. The Hall–Kier alpha value is -1.79. The van der Waals surface area contributed by atoms with E-state index < -0.39 is 0 Å². The first-order valence-corrected chi connectivity index (χ1v) is 7.71. The molecule has 0 aliphatic carbocycles. The molecule has 104 valence electrons. The van der Waals surface area contributed by atoms with E-state index in [1.54, 1.807) is 12.3 Å². The van der Waals surface area contributed by atoms with E-state index in [1.807, 2.05) is 36.4 Å². The highest BCUT2D eigenvalue weighted by atomic mass is 79.9. The van der Waals surface area contributed by atoms with Gasteiger partial charge in [0.15, 0.2) is 5.82 Å². The normalized spacial score (nSPS) is 10.6. The van der Waals surface area contributed by atoms with E-state index in [1.165, 1.54) is 0 Å². The van der Waals surface area contributed by atoms with Crippen molar-refractivity contribution in [2.24, 2.45) is 0 Å². The van der Waals surface area contributed by atoms with Gasteiger partial charge in [0.2, 0.25) is 0 Å². The average molecular weight is 407 g/mol. The Bertz CT molecular complexity index is 830. The molecule has 6 heteroatoms. The standard InChI is InChI=1S/C15H9Br2N3O/c16-10-6-7-11(18-8-10)14-19-13(12(17)15(21)20-14)9-4-2-1-3-5-9/h1-8H,(H,19,20,21). The lowest BCUT2D eigenvalue weighted by molar-refractivity contribution is 1.09. The summed E-state index contributed by atoms with van der Waals surface area (Å²) in [5.41, 5.74) is 1.84. The summed E-state index contributed by atoms with van der Waals surface area (Å²) >= 11 is 6.63. The van der Waals surface area contributed by atoms with Gasteiger partial charge in [-0.1, -0.05) is 30.3 Å². The minimum Gasteiger partial charge on any atom is -0.304 e. The molecule has 4 nitrogen and oxygen atoms in total. The lowest BCUT2D eigenvalue weighted by Crippen LogP contribution is -2.12. The number of benzene rings is 1. The van der Waals surface area contributed by atoms with Crippen LogP contribution < -0.4 is 5.56 Å². The van der Waals surface area contributed by atoms with Gasteiger partial charge in [-0.05, 0) is 44.0 Å². The van der Waals surface area contributed by atoms with E-state index in [9.17, 15) is 4.79 Å². The number of hydrogen-bond donors (Lipinski definition) is 1. The van der Waals surface area contributed by atoms with Crippen LogP contribution in [-0.2, 0) is 0 Å². The Morgan fingerprint density at radius 3 is 2.43 bits per heavy atom. The van der Waals surface area contributed by atoms with E-state index in [4.69, 9.17) is 0 Å². The molecule has 0 unspecified atom stereocenters. The molecule has 0 amide bonds. The fourth-order valence-electron chi connectivity index (χ4n) is 1.88. The van der Waals surface area contributed by atoms with Crippen molar-refractivity contribution < 1.29 is 0 Å². The lowest BCUT2D eigenvalue weighted by atomic mass is 10.1. The number of nitrogens with one attached hydrogen (secondary N) is 1. The highest BCUT2D eigenvalue weighted by molar-refractivity contribution is 9.10. The highest BCUT2D eigenvalue weighted by Gasteiger charge is 2.12. The Labute approximate surface area is 137 Å². The lowest BCUT2D eigenvalue weighted by Gasteiger charge is -2.06. The van der Waals surface area contributed by atoms with Crippen LogP contribution >= 0.6 is 31.9 Å². The summed E-state index contributed by atoms with van der Waals surface area (Å²) in [4.78, 5) is 23.6. The predicted octanol–water partition coefficient (Wildman–Crippen LogP) is 4.02. The number of nitrogens with zero attached hydrogens (tertiary/aromatic N) is 2. The molecule has 3 aromatic rings. The topological polar surface area (TPSA) is 58.6 Å². The van der Waals surface area contributed by atoms with Gasteiger partial charge in [0.1, 0.15) is 10.2 Å². The number of aromatic nitrogens is 3. The summed E-state index contributed by atoms with van der Waals surface area (Å²) in [7, 11) is 0. The van der Waals surface area contributed by atoms with Crippen LogP contribution in [0.3, 0.4) is 0 Å². The summed E-state index contributed by atoms with van der Waals surface area (Å²) in [6.45, 7) is 0. The fraction of sp³-hybridized carbons (Fsp3) is 0. The molecule has 0 saturated heterocycles. The molecule has 0 atom stereocenters. The number of rotatable bonds is 2. The molecule has 2 aromatic heterocycles. The molecular formula is C15H9Br2N3O. The van der Waals surface area contributed by atoms with Crippen molar-refractivity contribution in [1.29, 1.82) is 0 Å². The van der Waals surface area contributed by atoms with Gasteiger partial charge in [-0.3, -0.25) is 9.78 Å². The van der Waals surface area contributed by atoms with Crippen molar-refractivity contribution in [1.82, 2.24) is 15.0 Å². The second kappa shape index (κ2) is 5.91. The van der Waals surface area contributed by atoms with E-state index in [0.717, 1.165) is 10.0 Å². The molecule has 1 aromatic carbocycles. The molecule has 0 saturated carbocycles. The third-order valence-corrected chi connectivity index (χ3v) is 4.08. The first kappa shape index (κ1) is 14.2. The van der Waals surface area contributed by atoms with Gasteiger partial charge in [-0.25, -0.2) is 4.98 Å². The Morgan fingerprint density at radius 1 is 1.00 bits per heavy atom. The maximum absolute atomic E-state index is 12.1. The van der Waals surface area contributed by atoms with Crippen LogP contribution in [0.4, 0.5) is 0 Å².